The van der Waals surface area contributed by atoms with E-state index in [1.807, 2.05) is 0 Å². The maximum atomic E-state index is 11.9. The Kier molecular flexibility index (Phi) is 7.71. The van der Waals surface area contributed by atoms with E-state index in [0.29, 0.717) is 11.2 Å². The monoisotopic (exact) mass is 476 g/mol. The molecule has 18 heteroatoms. The topological polar surface area (TPSA) is 225 Å². The summed E-state index contributed by atoms with van der Waals surface area (Å²) in [6.07, 6.45) is -0.530. The molecular formula is C11H19N4O11P3. The summed E-state index contributed by atoms with van der Waals surface area (Å²) in [4.78, 5) is 39.7. The molecule has 0 aliphatic carbocycles. The number of nitrogen functional groups attached to an aromatic ring is 1. The van der Waals surface area contributed by atoms with Crippen molar-refractivity contribution in [3.8, 4) is 0 Å². The van der Waals surface area contributed by atoms with Gasteiger partial charge in [0.05, 0.1) is 12.7 Å². The highest BCUT2D eigenvalue weighted by atomic mass is 31.3. The number of anilines is 1. The van der Waals surface area contributed by atoms with Crippen LogP contribution >= 0.6 is 23.2 Å². The molecule has 0 aliphatic heterocycles. The van der Waals surface area contributed by atoms with Gasteiger partial charge in [0.25, 0.3) is 0 Å². The number of rotatable bonds is 11. The Morgan fingerprint density at radius 3 is 2.48 bits per heavy atom. The van der Waals surface area contributed by atoms with Gasteiger partial charge in [-0.15, -0.1) is 0 Å². The molecular weight excluding hydrogens is 457 g/mol. The molecule has 0 bridgehead atoms. The Morgan fingerprint density at radius 1 is 1.17 bits per heavy atom. The zero-order valence-corrected chi connectivity index (χ0v) is 17.5. The van der Waals surface area contributed by atoms with Gasteiger partial charge >= 0.3 is 23.2 Å². The first-order valence-corrected chi connectivity index (χ1v) is 12.4. The Hall–Kier alpha value is -1.21. The molecule has 0 aromatic carbocycles. The predicted octanol–water partition coefficient (Wildman–Crippen LogP) is 0.255. The lowest BCUT2D eigenvalue weighted by atomic mass is 10.2. The van der Waals surface area contributed by atoms with Crippen LogP contribution in [0.25, 0.3) is 5.52 Å². The maximum Gasteiger partial charge on any atom is 0.488 e. The first-order valence-electron chi connectivity index (χ1n) is 7.62. The van der Waals surface area contributed by atoms with Gasteiger partial charge in [-0.1, -0.05) is 0 Å². The summed E-state index contributed by atoms with van der Waals surface area (Å²) in [5.74, 6) is 0.243. The zero-order valence-electron chi connectivity index (χ0n) is 14.8. The van der Waals surface area contributed by atoms with Crippen LogP contribution < -0.4 is 5.73 Å². The number of hydrogen-bond acceptors (Lipinski definition) is 10. The highest BCUT2D eigenvalue weighted by Crippen LogP contribution is 2.65. The van der Waals surface area contributed by atoms with E-state index in [2.05, 4.69) is 18.7 Å². The van der Waals surface area contributed by atoms with E-state index in [-0.39, 0.29) is 18.8 Å². The normalized spacial score (nSPS) is 17.7. The quantitative estimate of drug-likeness (QED) is 0.274. The van der Waals surface area contributed by atoms with Crippen LogP contribution in [0.5, 0.6) is 0 Å². The van der Waals surface area contributed by atoms with Crippen LogP contribution in [0, 0.1) is 0 Å². The second-order valence-corrected chi connectivity index (χ2v) is 10.4. The number of phosphoric acid groups is 2. The number of methoxy groups -OCH3 is 1. The summed E-state index contributed by atoms with van der Waals surface area (Å²) in [7, 11) is -14.5. The average Bonchev–Trinajstić information content (AvgIpc) is 2.94. The minimum atomic E-state index is -5.53. The minimum absolute atomic E-state index is 0.0381. The Balaban J connectivity index is 2.06. The largest absolute Gasteiger partial charge is 0.488 e. The van der Waals surface area contributed by atoms with Crippen LogP contribution in [0.3, 0.4) is 0 Å². The van der Waals surface area contributed by atoms with Crippen LogP contribution in [0.15, 0.2) is 18.5 Å². The van der Waals surface area contributed by atoms with Gasteiger partial charge in [-0.25, -0.2) is 22.9 Å². The van der Waals surface area contributed by atoms with Gasteiger partial charge in [-0.3, -0.25) is 4.57 Å². The third-order valence-corrected chi connectivity index (χ3v) is 7.26. The minimum Gasteiger partial charge on any atom is -0.382 e. The van der Waals surface area contributed by atoms with Gasteiger partial charge in [0.15, 0.2) is 5.82 Å². The predicted molar refractivity (Wildman–Crippen MR) is 96.6 cm³/mol. The van der Waals surface area contributed by atoms with Gasteiger partial charge < -0.3 is 34.8 Å². The Bertz CT molecular complexity index is 992. The van der Waals surface area contributed by atoms with Crippen molar-refractivity contribution in [3.05, 3.63) is 24.2 Å². The van der Waals surface area contributed by atoms with Gasteiger partial charge in [-0.2, -0.15) is 9.41 Å². The van der Waals surface area contributed by atoms with E-state index in [1.54, 1.807) is 12.1 Å². The van der Waals surface area contributed by atoms with Crippen LogP contribution in [-0.4, -0.2) is 60.3 Å². The van der Waals surface area contributed by atoms with Crippen molar-refractivity contribution in [1.82, 2.24) is 14.6 Å². The van der Waals surface area contributed by atoms with Crippen molar-refractivity contribution in [1.29, 1.82) is 0 Å². The molecule has 0 aliphatic rings. The lowest BCUT2D eigenvalue weighted by Gasteiger charge is -2.20. The summed E-state index contributed by atoms with van der Waals surface area (Å²) >= 11 is 0. The van der Waals surface area contributed by atoms with Gasteiger partial charge in [0.2, 0.25) is 0 Å². The van der Waals surface area contributed by atoms with Crippen molar-refractivity contribution >= 4 is 34.6 Å². The molecule has 0 radical (unpaired) electrons. The molecule has 0 saturated heterocycles. The number of fused-ring (bicyclic) bond motifs is 1. The molecule has 164 valence electrons. The molecule has 29 heavy (non-hydrogen) atoms. The van der Waals surface area contributed by atoms with Crippen LogP contribution in [0.1, 0.15) is 5.69 Å². The second-order valence-electron chi connectivity index (χ2n) is 5.60. The molecule has 3 atom stereocenters. The van der Waals surface area contributed by atoms with Crippen LogP contribution in [0.4, 0.5) is 5.82 Å². The average molecular weight is 476 g/mol. The Morgan fingerprint density at radius 2 is 1.86 bits per heavy atom. The van der Waals surface area contributed by atoms with Gasteiger partial charge in [0.1, 0.15) is 18.2 Å². The van der Waals surface area contributed by atoms with Crippen LogP contribution in [-0.2, 0) is 38.2 Å². The molecule has 2 rings (SSSR count). The lowest BCUT2D eigenvalue weighted by Crippen LogP contribution is -2.23. The molecule has 3 unspecified atom stereocenters. The van der Waals surface area contributed by atoms with Crippen molar-refractivity contribution < 1.29 is 51.4 Å². The zero-order chi connectivity index (χ0) is 21.9. The smallest absolute Gasteiger partial charge is 0.382 e. The highest BCUT2D eigenvalue weighted by molar-refractivity contribution is 7.68. The van der Waals surface area contributed by atoms with E-state index in [1.165, 1.54) is 18.0 Å². The van der Waals surface area contributed by atoms with E-state index < -0.39 is 35.7 Å². The lowest BCUT2D eigenvalue weighted by molar-refractivity contribution is 0.0128. The molecule has 2 heterocycles. The fraction of sp³-hybridized carbons (Fsp3) is 0.455. The maximum absolute atomic E-state index is 11.9. The molecule has 0 saturated carbocycles. The van der Waals surface area contributed by atoms with Gasteiger partial charge in [0, 0.05) is 19.2 Å². The number of hydrogen-bond donors (Lipinski definition) is 5. The standard InChI is InChI=1S/C11H19N4O11P3/c1-23-5-9(4-8-2-3-10-11(12)13-6-14-15(8)10)24-7-27(16,17)25-29(21,22)26-28(18,19)20/h2-3,6,9H,4-5,7H2,1H3,(H,16,17)(H,21,22)(H2,12,13,14)(H2,18,19,20). The molecule has 6 N–H and O–H groups in total. The molecule has 15 nitrogen and oxygen atoms in total. The van der Waals surface area contributed by atoms with E-state index in [4.69, 9.17) is 25.0 Å². The number of ether oxygens (including phenoxy) is 2. The fourth-order valence-corrected chi connectivity index (χ4v) is 5.62. The molecule has 0 fully saturated rings. The Labute approximate surface area is 163 Å². The van der Waals surface area contributed by atoms with E-state index >= 15 is 0 Å². The van der Waals surface area contributed by atoms with Crippen molar-refractivity contribution in [2.45, 2.75) is 12.5 Å². The second kappa shape index (κ2) is 9.29. The summed E-state index contributed by atoms with van der Waals surface area (Å²) in [6, 6.07) is 3.34. The van der Waals surface area contributed by atoms with Crippen molar-refractivity contribution in [2.75, 3.05) is 25.8 Å². The van der Waals surface area contributed by atoms with Crippen LogP contribution in [0.2, 0.25) is 0 Å². The number of nitrogens with two attached hydrogens (primary N) is 1. The fourth-order valence-electron chi connectivity index (χ4n) is 2.28. The van der Waals surface area contributed by atoms with E-state index in [0.717, 1.165) is 0 Å². The number of nitrogens with zero attached hydrogens (tertiary/aromatic N) is 3. The first kappa shape index (κ1) is 24.1. The number of aromatic nitrogens is 3. The molecule has 2 aromatic heterocycles. The summed E-state index contributed by atoms with van der Waals surface area (Å²) in [5.41, 5.74) is 6.88. The third-order valence-electron chi connectivity index (χ3n) is 3.26. The molecule has 2 aromatic rings. The summed E-state index contributed by atoms with van der Waals surface area (Å²) < 4.78 is 53.1. The SMILES string of the molecule is COCC(Cc1ccc2c(N)ncnn12)OCP(=O)(O)OP(=O)(O)OP(=O)(O)O. The van der Waals surface area contributed by atoms with E-state index in [9.17, 15) is 23.5 Å². The van der Waals surface area contributed by atoms with Crippen molar-refractivity contribution in [2.24, 2.45) is 0 Å². The third kappa shape index (κ3) is 7.52. The molecule has 0 amide bonds. The summed E-state index contributed by atoms with van der Waals surface area (Å²) in [6.45, 7) is -0.0381. The first-order chi connectivity index (χ1) is 13.3. The van der Waals surface area contributed by atoms with Gasteiger partial charge in [-0.05, 0) is 12.1 Å². The molecule has 0 spiro atoms. The van der Waals surface area contributed by atoms with Crippen molar-refractivity contribution in [3.63, 3.8) is 0 Å². The highest BCUT2D eigenvalue weighted by Gasteiger charge is 2.40. The summed E-state index contributed by atoms with van der Waals surface area (Å²) in [5, 5.41) is 4.05.